The number of methoxy groups -OCH3 is 1. The molecule has 1 rings (SSSR count). The van der Waals surface area contributed by atoms with E-state index in [4.69, 9.17) is 4.74 Å². The number of Topliss-reactive ketones (excluding diaryl/α,β-unsaturated/α-hetero) is 1. The number of ether oxygens (including phenoxy) is 1. The normalized spacial score (nSPS) is 32.4. The van der Waals surface area contributed by atoms with Crippen molar-refractivity contribution in [3.8, 4) is 0 Å². The second kappa shape index (κ2) is 3.86. The summed E-state index contributed by atoms with van der Waals surface area (Å²) in [6.07, 6.45) is 3.74. The molecule has 0 aromatic carbocycles. The van der Waals surface area contributed by atoms with Gasteiger partial charge in [0.25, 0.3) is 0 Å². The molecule has 11 heavy (non-hydrogen) atoms. The highest BCUT2D eigenvalue weighted by molar-refractivity contribution is 5.79. The van der Waals surface area contributed by atoms with Crippen molar-refractivity contribution < 1.29 is 9.53 Å². The van der Waals surface area contributed by atoms with Crippen molar-refractivity contribution >= 4 is 5.78 Å². The van der Waals surface area contributed by atoms with E-state index >= 15 is 0 Å². The van der Waals surface area contributed by atoms with Crippen LogP contribution in [0.15, 0.2) is 0 Å². The Morgan fingerprint density at radius 2 is 2.36 bits per heavy atom. The van der Waals surface area contributed by atoms with Gasteiger partial charge in [-0.1, -0.05) is 13.3 Å². The molecule has 1 saturated carbocycles. The highest BCUT2D eigenvalue weighted by Gasteiger charge is 2.27. The molecule has 0 aromatic rings. The lowest BCUT2D eigenvalue weighted by Gasteiger charge is -2.28. The van der Waals surface area contributed by atoms with Gasteiger partial charge in [-0.05, 0) is 12.3 Å². The van der Waals surface area contributed by atoms with Gasteiger partial charge in [0.2, 0.25) is 0 Å². The minimum atomic E-state index is 0.196. The van der Waals surface area contributed by atoms with Crippen LogP contribution in [0, 0.1) is 5.92 Å². The maximum absolute atomic E-state index is 11.0. The Balaban J connectivity index is 2.48. The summed E-state index contributed by atoms with van der Waals surface area (Å²) in [6.45, 7) is 2.16. The highest BCUT2D eigenvalue weighted by atomic mass is 16.5. The van der Waals surface area contributed by atoms with E-state index in [-0.39, 0.29) is 6.10 Å². The fourth-order valence-corrected chi connectivity index (χ4v) is 1.77. The minimum absolute atomic E-state index is 0.196. The molecule has 1 fully saturated rings. The average Bonchev–Trinajstić information content (AvgIpc) is 2.04. The monoisotopic (exact) mass is 156 g/mol. The van der Waals surface area contributed by atoms with Gasteiger partial charge < -0.3 is 4.74 Å². The summed E-state index contributed by atoms with van der Waals surface area (Å²) in [6, 6.07) is 0. The predicted octanol–water partition coefficient (Wildman–Crippen LogP) is 1.78. The van der Waals surface area contributed by atoms with Crippen LogP contribution in [0.4, 0.5) is 0 Å². The van der Waals surface area contributed by atoms with Gasteiger partial charge in [-0.15, -0.1) is 0 Å². The van der Waals surface area contributed by atoms with Crippen LogP contribution >= 0.6 is 0 Å². The van der Waals surface area contributed by atoms with Crippen LogP contribution in [-0.2, 0) is 9.53 Å². The van der Waals surface area contributed by atoms with Crippen LogP contribution in [0.5, 0.6) is 0 Å². The molecule has 0 amide bonds. The van der Waals surface area contributed by atoms with Crippen molar-refractivity contribution in [2.75, 3.05) is 7.11 Å². The number of hydrogen-bond donors (Lipinski definition) is 0. The Morgan fingerprint density at radius 3 is 2.91 bits per heavy atom. The Kier molecular flexibility index (Phi) is 3.06. The Labute approximate surface area is 67.9 Å². The molecule has 1 aliphatic rings. The Morgan fingerprint density at radius 1 is 1.64 bits per heavy atom. The van der Waals surface area contributed by atoms with Crippen molar-refractivity contribution in [2.24, 2.45) is 5.92 Å². The lowest BCUT2D eigenvalue weighted by Crippen LogP contribution is -2.30. The maximum atomic E-state index is 11.0. The van der Waals surface area contributed by atoms with Crippen LogP contribution in [0.25, 0.3) is 0 Å². The summed E-state index contributed by atoms with van der Waals surface area (Å²) < 4.78 is 5.24. The van der Waals surface area contributed by atoms with Crippen molar-refractivity contribution in [1.29, 1.82) is 0 Å². The lowest BCUT2D eigenvalue weighted by molar-refractivity contribution is -0.126. The molecule has 0 aromatic heterocycles. The van der Waals surface area contributed by atoms with Crippen molar-refractivity contribution in [1.82, 2.24) is 0 Å². The summed E-state index contributed by atoms with van der Waals surface area (Å²) >= 11 is 0. The van der Waals surface area contributed by atoms with Gasteiger partial charge in [0, 0.05) is 20.0 Å². The average molecular weight is 156 g/mol. The molecule has 1 aliphatic carbocycles. The van der Waals surface area contributed by atoms with Crippen LogP contribution in [-0.4, -0.2) is 19.0 Å². The summed E-state index contributed by atoms with van der Waals surface area (Å²) in [5.74, 6) is 0.972. The summed E-state index contributed by atoms with van der Waals surface area (Å²) in [7, 11) is 1.70. The molecule has 0 aliphatic heterocycles. The first-order valence-corrected chi connectivity index (χ1v) is 4.32. The molecule has 2 unspecified atom stereocenters. The van der Waals surface area contributed by atoms with Gasteiger partial charge in [-0.2, -0.15) is 0 Å². The quantitative estimate of drug-likeness (QED) is 0.609. The summed E-state index contributed by atoms with van der Waals surface area (Å²) in [5.41, 5.74) is 0. The van der Waals surface area contributed by atoms with Crippen molar-refractivity contribution in [3.63, 3.8) is 0 Å². The van der Waals surface area contributed by atoms with Crippen LogP contribution in [0.1, 0.15) is 32.6 Å². The third kappa shape index (κ3) is 2.03. The Hall–Kier alpha value is -0.370. The summed E-state index contributed by atoms with van der Waals surface area (Å²) in [4.78, 5) is 11.0. The number of carbonyl (C=O) groups excluding carboxylic acids is 1. The second-order valence-electron chi connectivity index (χ2n) is 3.22. The zero-order valence-corrected chi connectivity index (χ0v) is 7.30. The molecule has 0 bridgehead atoms. The molecule has 2 atom stereocenters. The largest absolute Gasteiger partial charge is 0.381 e. The maximum Gasteiger partial charge on any atom is 0.135 e. The zero-order valence-electron chi connectivity index (χ0n) is 7.30. The van der Waals surface area contributed by atoms with E-state index in [0.717, 1.165) is 19.3 Å². The lowest BCUT2D eigenvalue weighted by atomic mass is 9.84. The van der Waals surface area contributed by atoms with E-state index in [1.165, 1.54) is 0 Å². The molecule has 0 N–H and O–H groups in total. The molecule has 2 heteroatoms. The molecule has 0 heterocycles. The molecular weight excluding hydrogens is 140 g/mol. The highest BCUT2D eigenvalue weighted by Crippen LogP contribution is 2.26. The third-order valence-corrected chi connectivity index (χ3v) is 2.58. The van der Waals surface area contributed by atoms with E-state index in [0.29, 0.717) is 18.1 Å². The van der Waals surface area contributed by atoms with Crippen LogP contribution in [0.3, 0.4) is 0 Å². The van der Waals surface area contributed by atoms with E-state index in [9.17, 15) is 4.79 Å². The molecule has 2 nitrogen and oxygen atoms in total. The van der Waals surface area contributed by atoms with E-state index in [2.05, 4.69) is 6.92 Å². The SMILES string of the molecule is CCC1CCC(=O)CC1OC. The molecule has 0 spiro atoms. The van der Waals surface area contributed by atoms with Crippen molar-refractivity contribution in [3.05, 3.63) is 0 Å². The van der Waals surface area contributed by atoms with Gasteiger partial charge in [0.1, 0.15) is 5.78 Å². The number of hydrogen-bond acceptors (Lipinski definition) is 2. The number of rotatable bonds is 2. The first-order chi connectivity index (χ1) is 5.27. The Bertz CT molecular complexity index is 142. The topological polar surface area (TPSA) is 26.3 Å². The third-order valence-electron chi connectivity index (χ3n) is 2.58. The van der Waals surface area contributed by atoms with E-state index in [1.54, 1.807) is 7.11 Å². The van der Waals surface area contributed by atoms with E-state index < -0.39 is 0 Å². The standard InChI is InChI=1S/C9H16O2/c1-3-7-4-5-8(10)6-9(7)11-2/h7,9H,3-6H2,1-2H3. The first-order valence-electron chi connectivity index (χ1n) is 4.32. The zero-order chi connectivity index (χ0) is 8.27. The van der Waals surface area contributed by atoms with Gasteiger partial charge >= 0.3 is 0 Å². The van der Waals surface area contributed by atoms with Crippen LogP contribution < -0.4 is 0 Å². The van der Waals surface area contributed by atoms with Crippen LogP contribution in [0.2, 0.25) is 0 Å². The molecular formula is C9H16O2. The second-order valence-corrected chi connectivity index (χ2v) is 3.22. The smallest absolute Gasteiger partial charge is 0.135 e. The first kappa shape index (κ1) is 8.72. The predicted molar refractivity (Wildman–Crippen MR) is 43.4 cm³/mol. The molecule has 64 valence electrons. The number of ketones is 1. The van der Waals surface area contributed by atoms with Crippen molar-refractivity contribution in [2.45, 2.75) is 38.7 Å². The minimum Gasteiger partial charge on any atom is -0.381 e. The van der Waals surface area contributed by atoms with Gasteiger partial charge in [0.15, 0.2) is 0 Å². The van der Waals surface area contributed by atoms with E-state index in [1.807, 2.05) is 0 Å². The fraction of sp³-hybridized carbons (Fsp3) is 0.889. The molecule has 0 radical (unpaired) electrons. The summed E-state index contributed by atoms with van der Waals surface area (Å²) in [5, 5.41) is 0. The number of carbonyl (C=O) groups is 1. The van der Waals surface area contributed by atoms with Gasteiger partial charge in [-0.25, -0.2) is 0 Å². The van der Waals surface area contributed by atoms with Gasteiger partial charge in [0.05, 0.1) is 6.10 Å². The fourth-order valence-electron chi connectivity index (χ4n) is 1.77. The van der Waals surface area contributed by atoms with Gasteiger partial charge in [-0.3, -0.25) is 4.79 Å². The molecule has 0 saturated heterocycles.